The highest BCUT2D eigenvalue weighted by Gasteiger charge is 2.24. The molecule has 11 heteroatoms. The molecule has 0 atom stereocenters. The lowest BCUT2D eigenvalue weighted by Crippen LogP contribution is -2.47. The maximum Gasteiger partial charge on any atom is 0.275 e. The van der Waals surface area contributed by atoms with Gasteiger partial charge in [-0.3, -0.25) is 14.1 Å². The van der Waals surface area contributed by atoms with Crippen molar-refractivity contribution in [3.05, 3.63) is 52.3 Å². The van der Waals surface area contributed by atoms with E-state index in [1.54, 1.807) is 9.30 Å². The van der Waals surface area contributed by atoms with Crippen LogP contribution < -0.4 is 20.1 Å². The Labute approximate surface area is 195 Å². The fourth-order valence-corrected chi connectivity index (χ4v) is 4.50. The van der Waals surface area contributed by atoms with Gasteiger partial charge in [-0.1, -0.05) is 0 Å². The molecule has 4 heterocycles. The number of morpholine rings is 1. The number of piperazine rings is 1. The number of rotatable bonds is 6. The predicted molar refractivity (Wildman–Crippen MR) is 124 cm³/mol. The zero-order chi connectivity index (χ0) is 23.7. The van der Waals surface area contributed by atoms with Crippen molar-refractivity contribution in [1.29, 1.82) is 0 Å². The quantitative estimate of drug-likeness (QED) is 0.582. The summed E-state index contributed by atoms with van der Waals surface area (Å²) in [6.45, 7) is 7.76. The summed E-state index contributed by atoms with van der Waals surface area (Å²) in [7, 11) is 0. The molecule has 0 aliphatic carbocycles. The van der Waals surface area contributed by atoms with Gasteiger partial charge in [-0.25, -0.2) is 13.8 Å². The number of aromatic amines is 1. The van der Waals surface area contributed by atoms with E-state index in [2.05, 4.69) is 14.9 Å². The lowest BCUT2D eigenvalue weighted by molar-refractivity contribution is 0.0322. The number of nitrogens with zero attached hydrogens (tertiary/aromatic N) is 5. The molecule has 3 aromatic rings. The summed E-state index contributed by atoms with van der Waals surface area (Å²) in [4.78, 5) is 25.3. The van der Waals surface area contributed by atoms with Crippen molar-refractivity contribution >= 4 is 17.0 Å². The molecule has 0 amide bonds. The molecule has 182 valence electrons. The number of fused-ring (bicyclic) bond motifs is 1. The number of imidazole rings is 1. The topological polar surface area (TPSA) is 78.3 Å². The Kier molecular flexibility index (Phi) is 6.38. The number of hydrogen-bond acceptors (Lipinski definition) is 7. The molecule has 2 aromatic heterocycles. The smallest absolute Gasteiger partial charge is 0.275 e. The third-order valence-corrected chi connectivity index (χ3v) is 6.41. The number of ether oxygens (including phenoxy) is 2. The third kappa shape index (κ3) is 4.58. The molecule has 0 unspecified atom stereocenters. The first-order chi connectivity index (χ1) is 16.5. The largest absolute Gasteiger partial charge is 0.492 e. The Morgan fingerprint density at radius 3 is 2.44 bits per heavy atom. The highest BCUT2D eigenvalue weighted by atomic mass is 19.1. The molecule has 2 aliphatic heterocycles. The third-order valence-electron chi connectivity index (χ3n) is 6.41. The van der Waals surface area contributed by atoms with Crippen molar-refractivity contribution in [2.45, 2.75) is 6.92 Å². The zero-order valence-electron chi connectivity index (χ0n) is 19.1. The highest BCUT2D eigenvalue weighted by Crippen LogP contribution is 2.29. The van der Waals surface area contributed by atoms with Gasteiger partial charge < -0.3 is 24.3 Å². The first-order valence-electron chi connectivity index (χ1n) is 11.5. The van der Waals surface area contributed by atoms with Crippen LogP contribution in [0.2, 0.25) is 0 Å². The van der Waals surface area contributed by atoms with E-state index in [9.17, 15) is 13.6 Å². The second-order valence-corrected chi connectivity index (χ2v) is 8.54. The first kappa shape index (κ1) is 22.6. The number of benzene rings is 1. The van der Waals surface area contributed by atoms with Crippen LogP contribution in [0, 0.1) is 18.6 Å². The predicted octanol–water partition coefficient (Wildman–Crippen LogP) is 1.65. The van der Waals surface area contributed by atoms with Gasteiger partial charge in [0.25, 0.3) is 5.56 Å². The van der Waals surface area contributed by atoms with Crippen molar-refractivity contribution in [1.82, 2.24) is 19.3 Å². The number of aromatic nitrogens is 3. The molecule has 2 aliphatic rings. The number of hydrogen-bond donors (Lipinski definition) is 1. The van der Waals surface area contributed by atoms with E-state index >= 15 is 0 Å². The van der Waals surface area contributed by atoms with Crippen LogP contribution >= 0.6 is 0 Å². The zero-order valence-corrected chi connectivity index (χ0v) is 19.1. The second-order valence-electron chi connectivity index (χ2n) is 8.54. The second kappa shape index (κ2) is 9.59. The standard InChI is InChI=1S/C23H28F2N6O3/c1-16-26-14-20-23(32)27-21(15-31(16)20)29-2-4-30(5-3-29)22-18(24)12-17(13-19(22)25)34-11-8-28-6-9-33-10-7-28/h12-15H,2-11H2,1H3,(H,27,32). The van der Waals surface area contributed by atoms with Gasteiger partial charge in [0, 0.05) is 57.9 Å². The normalized spacial score (nSPS) is 17.5. The monoisotopic (exact) mass is 474 g/mol. The van der Waals surface area contributed by atoms with Crippen LogP contribution in [0.1, 0.15) is 5.82 Å². The van der Waals surface area contributed by atoms with E-state index < -0.39 is 11.6 Å². The molecule has 0 bridgehead atoms. The lowest BCUT2D eigenvalue weighted by atomic mass is 10.2. The average Bonchev–Trinajstić information content (AvgIpc) is 3.21. The van der Waals surface area contributed by atoms with Gasteiger partial charge in [0.15, 0.2) is 11.6 Å². The number of anilines is 2. The van der Waals surface area contributed by atoms with Crippen LogP contribution in [-0.4, -0.2) is 84.9 Å². The fraction of sp³-hybridized carbons (Fsp3) is 0.478. The molecule has 0 saturated carbocycles. The minimum atomic E-state index is -0.640. The van der Waals surface area contributed by atoms with E-state index in [-0.39, 0.29) is 17.0 Å². The van der Waals surface area contributed by atoms with Crippen LogP contribution in [0.25, 0.3) is 5.52 Å². The van der Waals surface area contributed by atoms with Crippen molar-refractivity contribution in [2.24, 2.45) is 0 Å². The Hall–Kier alpha value is -3.18. The number of nitrogens with one attached hydrogen (secondary N) is 1. The van der Waals surface area contributed by atoms with Crippen LogP contribution in [0.15, 0.2) is 29.3 Å². The van der Waals surface area contributed by atoms with Crippen LogP contribution in [0.3, 0.4) is 0 Å². The summed E-state index contributed by atoms with van der Waals surface area (Å²) in [6.07, 6.45) is 3.37. The maximum absolute atomic E-state index is 14.9. The van der Waals surface area contributed by atoms with Crippen molar-refractivity contribution in [3.8, 4) is 5.75 Å². The summed E-state index contributed by atoms with van der Waals surface area (Å²) in [6, 6.07) is 2.49. The Bertz CT molecular complexity index is 1190. The molecule has 34 heavy (non-hydrogen) atoms. The molecule has 2 saturated heterocycles. The van der Waals surface area contributed by atoms with Gasteiger partial charge in [-0.15, -0.1) is 0 Å². The van der Waals surface area contributed by atoms with E-state index in [1.165, 1.54) is 18.3 Å². The van der Waals surface area contributed by atoms with Crippen molar-refractivity contribution in [3.63, 3.8) is 0 Å². The Balaban J connectivity index is 1.22. The van der Waals surface area contributed by atoms with Gasteiger partial charge in [0.1, 0.15) is 35.2 Å². The molecule has 0 spiro atoms. The lowest BCUT2D eigenvalue weighted by Gasteiger charge is -2.37. The van der Waals surface area contributed by atoms with Gasteiger partial charge in [-0.2, -0.15) is 0 Å². The summed E-state index contributed by atoms with van der Waals surface area (Å²) in [5, 5.41) is 0. The van der Waals surface area contributed by atoms with Crippen LogP contribution in [0.4, 0.5) is 20.3 Å². The summed E-state index contributed by atoms with van der Waals surface area (Å²) in [5.74, 6) is 0.283. The minimum Gasteiger partial charge on any atom is -0.492 e. The fourth-order valence-electron chi connectivity index (χ4n) is 4.50. The highest BCUT2D eigenvalue weighted by molar-refractivity contribution is 5.55. The maximum atomic E-state index is 14.9. The van der Waals surface area contributed by atoms with Gasteiger partial charge in [0.05, 0.1) is 25.6 Å². The molecular formula is C23H28F2N6O3. The minimum absolute atomic E-state index is 0.0467. The summed E-state index contributed by atoms with van der Waals surface area (Å²) in [5.41, 5.74) is 0.215. The van der Waals surface area contributed by atoms with E-state index in [1.807, 2.05) is 18.0 Å². The molecule has 1 aromatic carbocycles. The number of aryl methyl sites for hydroxylation is 1. The van der Waals surface area contributed by atoms with Crippen molar-refractivity contribution < 1.29 is 18.3 Å². The molecule has 0 radical (unpaired) electrons. The number of halogens is 2. The van der Waals surface area contributed by atoms with Gasteiger partial charge >= 0.3 is 0 Å². The summed E-state index contributed by atoms with van der Waals surface area (Å²) < 4.78 is 42.4. The Morgan fingerprint density at radius 1 is 1.06 bits per heavy atom. The molecule has 5 rings (SSSR count). The average molecular weight is 475 g/mol. The Morgan fingerprint density at radius 2 is 1.74 bits per heavy atom. The van der Waals surface area contributed by atoms with Gasteiger partial charge in [-0.05, 0) is 6.92 Å². The van der Waals surface area contributed by atoms with Gasteiger partial charge in [0.2, 0.25) is 0 Å². The SMILES string of the molecule is Cc1ncc2c(=O)[nH]c(N3CCN(c4c(F)cc(OCCN5CCOCC5)cc4F)CC3)cn12. The molecule has 2 fully saturated rings. The van der Waals surface area contributed by atoms with Crippen LogP contribution in [0.5, 0.6) is 5.75 Å². The van der Waals surface area contributed by atoms with Crippen LogP contribution in [-0.2, 0) is 4.74 Å². The number of H-pyrrole nitrogens is 1. The summed E-state index contributed by atoms with van der Waals surface area (Å²) >= 11 is 0. The van der Waals surface area contributed by atoms with E-state index in [4.69, 9.17) is 9.47 Å². The molecular weight excluding hydrogens is 446 g/mol. The van der Waals surface area contributed by atoms with E-state index in [0.29, 0.717) is 63.9 Å². The van der Waals surface area contributed by atoms with Crippen molar-refractivity contribution in [2.75, 3.05) is 75.4 Å². The first-order valence-corrected chi connectivity index (χ1v) is 11.5. The van der Waals surface area contributed by atoms with E-state index in [0.717, 1.165) is 18.9 Å². The molecule has 9 nitrogen and oxygen atoms in total. The molecule has 1 N–H and O–H groups in total.